The molecule has 0 atom stereocenters. The second-order valence-electron chi connectivity index (χ2n) is 15.7. The molecule has 2 nitrogen and oxygen atoms in total. The fourth-order valence-corrected chi connectivity index (χ4v) is 10.7. The van der Waals surface area contributed by atoms with E-state index >= 15 is 0 Å². The Kier molecular flexibility index (Phi) is 6.59. The second-order valence-corrected chi connectivity index (χ2v) is 16.7. The zero-order chi connectivity index (χ0) is 37.1. The number of thiophene rings is 1. The van der Waals surface area contributed by atoms with E-state index in [9.17, 15) is 0 Å². The number of benzene rings is 9. The number of nitrogens with zero attached hydrogens (tertiary/aromatic N) is 1. The average Bonchev–Trinajstić information content (AvgIpc) is 3.89. The topological polar surface area (TPSA) is 16.4 Å². The molecule has 0 unspecified atom stereocenters. The van der Waals surface area contributed by atoms with E-state index in [-0.39, 0.29) is 5.41 Å². The Morgan fingerprint density at radius 3 is 2.04 bits per heavy atom. The first-order valence-corrected chi connectivity index (χ1v) is 20.1. The Balaban J connectivity index is 1.04. The summed E-state index contributed by atoms with van der Waals surface area (Å²) in [7, 11) is 0. The highest BCUT2D eigenvalue weighted by molar-refractivity contribution is 7.26. The summed E-state index contributed by atoms with van der Waals surface area (Å²) in [5.41, 5.74) is 13.0. The van der Waals surface area contributed by atoms with Gasteiger partial charge in [0.25, 0.3) is 0 Å². The number of fused-ring (bicyclic) bond motifs is 13. The molecule has 0 aliphatic heterocycles. The van der Waals surface area contributed by atoms with Gasteiger partial charge in [0.15, 0.2) is 0 Å². The fraction of sp³-hybridized carbons (Fsp3) is 0.0566. The van der Waals surface area contributed by atoms with Crippen LogP contribution in [-0.2, 0) is 5.41 Å². The minimum absolute atomic E-state index is 0.110. The molecule has 0 fully saturated rings. The maximum atomic E-state index is 6.56. The van der Waals surface area contributed by atoms with Crippen LogP contribution in [0, 0.1) is 0 Å². The first-order valence-electron chi connectivity index (χ1n) is 19.3. The molecule has 0 saturated heterocycles. The van der Waals surface area contributed by atoms with Crippen LogP contribution in [0.1, 0.15) is 25.0 Å². The second kappa shape index (κ2) is 11.7. The summed E-state index contributed by atoms with van der Waals surface area (Å²) < 4.78 is 9.22. The van der Waals surface area contributed by atoms with Crippen LogP contribution >= 0.6 is 11.3 Å². The lowest BCUT2D eigenvalue weighted by molar-refractivity contribution is 0.660. The van der Waals surface area contributed by atoms with Crippen LogP contribution < -0.4 is 4.90 Å². The lowest BCUT2D eigenvalue weighted by Gasteiger charge is -2.28. The first kappa shape index (κ1) is 31.6. The van der Waals surface area contributed by atoms with Crippen molar-refractivity contribution in [2.45, 2.75) is 19.3 Å². The number of hydrogen-bond acceptors (Lipinski definition) is 3. The Hall–Kier alpha value is -6.68. The number of hydrogen-bond donors (Lipinski definition) is 0. The molecule has 12 rings (SSSR count). The lowest BCUT2D eigenvalue weighted by atomic mass is 9.82. The maximum absolute atomic E-state index is 6.56. The van der Waals surface area contributed by atoms with Crippen molar-refractivity contribution in [2.24, 2.45) is 0 Å². The highest BCUT2D eigenvalue weighted by Crippen LogP contribution is 2.51. The molecule has 11 aromatic rings. The third-order valence-corrected chi connectivity index (χ3v) is 13.5. The molecule has 2 heterocycles. The molecule has 0 saturated carbocycles. The quantitative estimate of drug-likeness (QED) is 0.168. The molecule has 56 heavy (non-hydrogen) atoms. The predicted molar refractivity (Wildman–Crippen MR) is 239 cm³/mol. The Labute approximate surface area is 328 Å². The van der Waals surface area contributed by atoms with Gasteiger partial charge >= 0.3 is 0 Å². The van der Waals surface area contributed by atoms with Gasteiger partial charge in [0.2, 0.25) is 0 Å². The van der Waals surface area contributed by atoms with E-state index in [1.807, 2.05) is 17.4 Å². The first-order chi connectivity index (χ1) is 27.5. The SMILES string of the molecule is CC1(C)c2ccccc2-c2ccc(N(c3ccc(-c4cccc5c4sc4ccccc45)cc3)c3ccc4c(ccc5ccc6c7ccccc7oc6c54)c3)cc21. The van der Waals surface area contributed by atoms with Crippen molar-refractivity contribution in [3.05, 3.63) is 187 Å². The van der Waals surface area contributed by atoms with Crippen molar-refractivity contribution >= 4 is 92.1 Å². The Morgan fingerprint density at radius 1 is 0.464 bits per heavy atom. The molecule has 0 N–H and O–H groups in total. The summed E-state index contributed by atoms with van der Waals surface area (Å²) in [5, 5.41) is 9.65. The van der Waals surface area contributed by atoms with E-state index < -0.39 is 0 Å². The standard InChI is InChI=1S/C53H35NOS/c1-53(2)46-15-6-3-10-40(46)41-29-26-37(31-47(41)53)54(35-23-20-32(21-24-35)39-13-9-14-45-43-12-5-8-17-49(43)56-52(39)45)36-25-28-38-34(30-36)19-18-33-22-27-44-42-11-4-7-16-48(42)55-51(44)50(33)38/h3-31H,1-2H3. The van der Waals surface area contributed by atoms with Gasteiger partial charge in [-0.1, -0.05) is 135 Å². The van der Waals surface area contributed by atoms with Gasteiger partial charge < -0.3 is 9.32 Å². The Morgan fingerprint density at radius 2 is 1.12 bits per heavy atom. The molecule has 9 aromatic carbocycles. The van der Waals surface area contributed by atoms with Gasteiger partial charge in [-0.25, -0.2) is 0 Å². The van der Waals surface area contributed by atoms with Crippen LogP contribution in [0.15, 0.2) is 180 Å². The van der Waals surface area contributed by atoms with Gasteiger partial charge in [-0.2, -0.15) is 0 Å². The molecule has 3 heteroatoms. The maximum Gasteiger partial charge on any atom is 0.143 e. The summed E-state index contributed by atoms with van der Waals surface area (Å²) in [6.45, 7) is 4.71. The van der Waals surface area contributed by atoms with Crippen LogP contribution in [0.5, 0.6) is 0 Å². The summed E-state index contributed by atoms with van der Waals surface area (Å²) >= 11 is 1.88. The van der Waals surface area contributed by atoms with E-state index in [4.69, 9.17) is 4.42 Å². The molecule has 2 aromatic heterocycles. The third-order valence-electron chi connectivity index (χ3n) is 12.3. The number of anilines is 3. The van der Waals surface area contributed by atoms with Crippen LogP contribution in [0.3, 0.4) is 0 Å². The van der Waals surface area contributed by atoms with Crippen molar-refractivity contribution < 1.29 is 4.42 Å². The smallest absolute Gasteiger partial charge is 0.143 e. The zero-order valence-corrected chi connectivity index (χ0v) is 31.8. The van der Waals surface area contributed by atoms with Crippen LogP contribution in [0.4, 0.5) is 17.1 Å². The van der Waals surface area contributed by atoms with Gasteiger partial charge in [-0.3, -0.25) is 0 Å². The molecule has 0 bridgehead atoms. The van der Waals surface area contributed by atoms with Crippen molar-refractivity contribution in [2.75, 3.05) is 4.90 Å². The summed E-state index contributed by atoms with van der Waals surface area (Å²) in [6.07, 6.45) is 0. The van der Waals surface area contributed by atoms with E-state index in [2.05, 4.69) is 189 Å². The normalized spacial score (nSPS) is 13.3. The highest BCUT2D eigenvalue weighted by Gasteiger charge is 2.35. The minimum Gasteiger partial charge on any atom is -0.455 e. The predicted octanol–water partition coefficient (Wildman–Crippen LogP) is 15.7. The van der Waals surface area contributed by atoms with Crippen molar-refractivity contribution in [1.82, 2.24) is 0 Å². The van der Waals surface area contributed by atoms with Crippen molar-refractivity contribution in [3.63, 3.8) is 0 Å². The van der Waals surface area contributed by atoms with E-state index in [0.717, 1.165) is 44.4 Å². The molecule has 264 valence electrons. The summed E-state index contributed by atoms with van der Waals surface area (Å²) in [6, 6.07) is 64.7. The minimum atomic E-state index is -0.110. The molecule has 1 aliphatic carbocycles. The molecular formula is C53H35NOS. The number of para-hydroxylation sites is 1. The van der Waals surface area contributed by atoms with Crippen LogP contribution in [0.25, 0.3) is 85.9 Å². The van der Waals surface area contributed by atoms with E-state index in [1.165, 1.54) is 69.7 Å². The van der Waals surface area contributed by atoms with Gasteiger partial charge in [-0.15, -0.1) is 11.3 Å². The molecular weight excluding hydrogens is 699 g/mol. The number of furan rings is 1. The lowest BCUT2D eigenvalue weighted by Crippen LogP contribution is -2.16. The monoisotopic (exact) mass is 733 g/mol. The third kappa shape index (κ3) is 4.49. The van der Waals surface area contributed by atoms with Gasteiger partial charge in [0.05, 0.1) is 0 Å². The molecule has 0 radical (unpaired) electrons. The van der Waals surface area contributed by atoms with Crippen molar-refractivity contribution in [1.29, 1.82) is 0 Å². The van der Waals surface area contributed by atoms with Gasteiger partial charge in [0, 0.05) is 58.8 Å². The average molecular weight is 734 g/mol. The zero-order valence-electron chi connectivity index (χ0n) is 31.0. The van der Waals surface area contributed by atoms with E-state index in [0.29, 0.717) is 0 Å². The van der Waals surface area contributed by atoms with Gasteiger partial charge in [0.1, 0.15) is 11.2 Å². The largest absolute Gasteiger partial charge is 0.455 e. The van der Waals surface area contributed by atoms with Crippen molar-refractivity contribution in [3.8, 4) is 22.3 Å². The van der Waals surface area contributed by atoms with E-state index in [1.54, 1.807) is 0 Å². The number of rotatable bonds is 4. The highest BCUT2D eigenvalue weighted by atomic mass is 32.1. The fourth-order valence-electron chi connectivity index (χ4n) is 9.50. The van der Waals surface area contributed by atoms with Crippen LogP contribution in [0.2, 0.25) is 0 Å². The summed E-state index contributed by atoms with van der Waals surface area (Å²) in [5.74, 6) is 0. The molecule has 0 amide bonds. The van der Waals surface area contributed by atoms with Gasteiger partial charge in [-0.05, 0) is 104 Å². The van der Waals surface area contributed by atoms with Crippen LogP contribution in [-0.4, -0.2) is 0 Å². The molecule has 0 spiro atoms. The Bertz CT molecular complexity index is 3400. The summed E-state index contributed by atoms with van der Waals surface area (Å²) in [4.78, 5) is 2.43. The molecule has 1 aliphatic rings.